The van der Waals surface area contributed by atoms with E-state index < -0.39 is 0 Å². The topological polar surface area (TPSA) is 101 Å². The van der Waals surface area contributed by atoms with Gasteiger partial charge in [-0.2, -0.15) is 4.98 Å². The zero-order chi connectivity index (χ0) is 20.2. The number of aliphatic hydroxyl groups is 1. The number of aromatic nitrogens is 3. The van der Waals surface area contributed by atoms with E-state index in [0.717, 1.165) is 22.7 Å². The fraction of sp³-hybridized carbons (Fsp3) is 0.286. The molecule has 1 aliphatic heterocycles. The van der Waals surface area contributed by atoms with Crippen molar-refractivity contribution in [3.05, 3.63) is 48.8 Å². The van der Waals surface area contributed by atoms with Crippen LogP contribution in [0.4, 0.5) is 17.5 Å². The summed E-state index contributed by atoms with van der Waals surface area (Å²) >= 11 is 0. The maximum Gasteiger partial charge on any atom is 0.231 e. The quantitative estimate of drug-likeness (QED) is 0.561. The molecule has 0 amide bonds. The highest BCUT2D eigenvalue weighted by atomic mass is 16.7. The highest BCUT2D eigenvalue weighted by molar-refractivity contribution is 5.68. The maximum atomic E-state index is 9.67. The van der Waals surface area contributed by atoms with E-state index in [1.54, 1.807) is 12.4 Å². The van der Waals surface area contributed by atoms with Gasteiger partial charge in [0.1, 0.15) is 5.82 Å². The van der Waals surface area contributed by atoms with Gasteiger partial charge in [0.25, 0.3) is 0 Å². The van der Waals surface area contributed by atoms with Crippen LogP contribution < -0.4 is 20.1 Å². The Labute approximate surface area is 169 Å². The third-order valence-corrected chi connectivity index (χ3v) is 4.66. The lowest BCUT2D eigenvalue weighted by Gasteiger charge is -2.20. The molecule has 0 spiro atoms. The Morgan fingerprint density at radius 1 is 1.03 bits per heavy atom. The van der Waals surface area contributed by atoms with Crippen molar-refractivity contribution in [1.82, 2.24) is 15.0 Å². The van der Waals surface area contributed by atoms with Gasteiger partial charge in [0.05, 0.1) is 18.3 Å². The van der Waals surface area contributed by atoms with Gasteiger partial charge in [0, 0.05) is 35.8 Å². The second-order valence-electron chi connectivity index (χ2n) is 7.07. The summed E-state index contributed by atoms with van der Waals surface area (Å²) in [5.41, 5.74) is 2.49. The van der Waals surface area contributed by atoms with Gasteiger partial charge in [-0.1, -0.05) is 13.8 Å². The van der Waals surface area contributed by atoms with Crippen LogP contribution >= 0.6 is 0 Å². The molecule has 0 saturated carbocycles. The molecular weight excluding hydrogens is 370 g/mol. The Morgan fingerprint density at radius 3 is 2.59 bits per heavy atom. The summed E-state index contributed by atoms with van der Waals surface area (Å²) in [4.78, 5) is 13.3. The van der Waals surface area contributed by atoms with Crippen molar-refractivity contribution < 1.29 is 14.6 Å². The predicted octanol–water partition coefficient (Wildman–Crippen LogP) is 3.44. The molecule has 29 heavy (non-hydrogen) atoms. The van der Waals surface area contributed by atoms with Gasteiger partial charge in [-0.15, -0.1) is 0 Å². The molecule has 4 rings (SSSR count). The molecule has 1 aromatic carbocycles. The first kappa shape index (κ1) is 18.9. The van der Waals surface area contributed by atoms with Gasteiger partial charge < -0.3 is 25.2 Å². The first-order valence-corrected chi connectivity index (χ1v) is 9.46. The molecule has 3 N–H and O–H groups in total. The largest absolute Gasteiger partial charge is 0.454 e. The van der Waals surface area contributed by atoms with Crippen LogP contribution in [0.3, 0.4) is 0 Å². The summed E-state index contributed by atoms with van der Waals surface area (Å²) in [7, 11) is 0. The van der Waals surface area contributed by atoms with E-state index in [4.69, 9.17) is 9.47 Å². The van der Waals surface area contributed by atoms with E-state index in [-0.39, 0.29) is 25.4 Å². The normalized spacial score (nSPS) is 13.4. The van der Waals surface area contributed by atoms with Crippen LogP contribution in [0.15, 0.2) is 48.8 Å². The molecule has 150 valence electrons. The number of hydrogen-bond donors (Lipinski definition) is 3. The van der Waals surface area contributed by atoms with Crippen LogP contribution in [0.1, 0.15) is 13.8 Å². The molecule has 8 nitrogen and oxygen atoms in total. The number of aliphatic hydroxyl groups excluding tert-OH is 1. The van der Waals surface area contributed by atoms with Gasteiger partial charge in [-0.05, 0) is 30.2 Å². The van der Waals surface area contributed by atoms with Gasteiger partial charge in [0.15, 0.2) is 11.5 Å². The number of rotatable bonds is 7. The van der Waals surface area contributed by atoms with Crippen molar-refractivity contribution in [2.75, 3.05) is 24.0 Å². The maximum absolute atomic E-state index is 9.67. The van der Waals surface area contributed by atoms with Crippen molar-refractivity contribution in [2.24, 2.45) is 5.92 Å². The molecule has 8 heteroatoms. The standard InChI is InChI=1S/C21H23N5O3/c1-13(2)17(11-27)25-21-24-16(14-5-7-22-8-6-14)10-20(26-21)23-15-3-4-18-19(9-15)29-12-28-18/h3-10,13,17,27H,11-12H2,1-2H3,(H2,23,24,25,26)/t17-/m0/s1. The number of ether oxygens (including phenoxy) is 2. The minimum Gasteiger partial charge on any atom is -0.454 e. The summed E-state index contributed by atoms with van der Waals surface area (Å²) in [6.07, 6.45) is 3.44. The summed E-state index contributed by atoms with van der Waals surface area (Å²) in [6, 6.07) is 11.1. The molecule has 2 aromatic heterocycles. The number of nitrogens with one attached hydrogen (secondary N) is 2. The minimum atomic E-state index is -0.152. The smallest absolute Gasteiger partial charge is 0.231 e. The summed E-state index contributed by atoms with van der Waals surface area (Å²) in [6.45, 7) is 4.29. The average Bonchev–Trinajstić information content (AvgIpc) is 3.20. The molecule has 0 aliphatic carbocycles. The number of benzene rings is 1. The van der Waals surface area contributed by atoms with Crippen molar-refractivity contribution in [1.29, 1.82) is 0 Å². The third-order valence-electron chi connectivity index (χ3n) is 4.66. The van der Waals surface area contributed by atoms with E-state index in [1.807, 2.05) is 50.2 Å². The van der Waals surface area contributed by atoms with Crippen molar-refractivity contribution >= 4 is 17.5 Å². The average molecular weight is 393 g/mol. The fourth-order valence-electron chi connectivity index (χ4n) is 2.96. The Bertz CT molecular complexity index is 981. The highest BCUT2D eigenvalue weighted by Crippen LogP contribution is 2.35. The van der Waals surface area contributed by atoms with Crippen LogP contribution in [-0.2, 0) is 0 Å². The van der Waals surface area contributed by atoms with E-state index in [2.05, 4.69) is 25.6 Å². The molecule has 0 fully saturated rings. The van der Waals surface area contributed by atoms with E-state index in [0.29, 0.717) is 17.5 Å². The van der Waals surface area contributed by atoms with Gasteiger partial charge in [0.2, 0.25) is 12.7 Å². The molecule has 0 saturated heterocycles. The minimum absolute atomic E-state index is 0.00850. The number of nitrogens with zero attached hydrogens (tertiary/aromatic N) is 3. The zero-order valence-corrected chi connectivity index (χ0v) is 16.3. The molecule has 3 heterocycles. The monoisotopic (exact) mass is 393 g/mol. The van der Waals surface area contributed by atoms with Crippen LogP contribution in [0.25, 0.3) is 11.3 Å². The van der Waals surface area contributed by atoms with E-state index in [9.17, 15) is 5.11 Å². The molecule has 0 radical (unpaired) electrons. The first-order chi connectivity index (χ1) is 14.1. The van der Waals surface area contributed by atoms with Crippen LogP contribution in [0, 0.1) is 5.92 Å². The summed E-state index contributed by atoms with van der Waals surface area (Å²) in [5.74, 6) is 2.69. The Hall–Kier alpha value is -3.39. The van der Waals surface area contributed by atoms with Crippen molar-refractivity contribution in [3.63, 3.8) is 0 Å². The molecule has 0 bridgehead atoms. The summed E-state index contributed by atoms with van der Waals surface area (Å²) in [5, 5.41) is 16.2. The number of anilines is 3. The Morgan fingerprint density at radius 2 is 1.83 bits per heavy atom. The SMILES string of the molecule is CC(C)[C@H](CO)Nc1nc(Nc2ccc3c(c2)OCO3)cc(-c2ccncc2)n1. The zero-order valence-electron chi connectivity index (χ0n) is 16.3. The number of hydrogen-bond acceptors (Lipinski definition) is 8. The highest BCUT2D eigenvalue weighted by Gasteiger charge is 2.16. The second kappa shape index (κ2) is 8.32. The van der Waals surface area contributed by atoms with Gasteiger partial charge in [-0.25, -0.2) is 4.98 Å². The molecular formula is C21H23N5O3. The van der Waals surface area contributed by atoms with E-state index in [1.165, 1.54) is 0 Å². The predicted molar refractivity (Wildman–Crippen MR) is 110 cm³/mol. The third kappa shape index (κ3) is 4.38. The summed E-state index contributed by atoms with van der Waals surface area (Å²) < 4.78 is 10.8. The van der Waals surface area contributed by atoms with Crippen molar-refractivity contribution in [3.8, 4) is 22.8 Å². The second-order valence-corrected chi connectivity index (χ2v) is 7.07. The molecule has 1 atom stereocenters. The van der Waals surface area contributed by atoms with Gasteiger partial charge >= 0.3 is 0 Å². The van der Waals surface area contributed by atoms with Crippen LogP contribution in [-0.4, -0.2) is 39.5 Å². The first-order valence-electron chi connectivity index (χ1n) is 9.46. The lowest BCUT2D eigenvalue weighted by molar-refractivity contribution is 0.174. The van der Waals surface area contributed by atoms with E-state index >= 15 is 0 Å². The number of pyridine rings is 1. The number of fused-ring (bicyclic) bond motifs is 1. The van der Waals surface area contributed by atoms with Gasteiger partial charge in [-0.3, -0.25) is 4.98 Å². The van der Waals surface area contributed by atoms with Crippen LogP contribution in [0.2, 0.25) is 0 Å². The van der Waals surface area contributed by atoms with Crippen molar-refractivity contribution in [2.45, 2.75) is 19.9 Å². The lowest BCUT2D eigenvalue weighted by Crippen LogP contribution is -2.30. The fourth-order valence-corrected chi connectivity index (χ4v) is 2.96. The Kier molecular flexibility index (Phi) is 5.44. The Balaban J connectivity index is 1.67. The molecule has 1 aliphatic rings. The lowest BCUT2D eigenvalue weighted by atomic mass is 10.1. The van der Waals surface area contributed by atoms with Crippen LogP contribution in [0.5, 0.6) is 11.5 Å². The molecule has 3 aromatic rings. The molecule has 0 unspecified atom stereocenters.